The molecular formula is C10H15N3O2S. The normalized spacial score (nSPS) is 24.1. The average Bonchev–Trinajstić information content (AvgIpc) is 2.27. The summed E-state index contributed by atoms with van der Waals surface area (Å²) in [7, 11) is -2.84. The zero-order valence-electron chi connectivity index (χ0n) is 8.96. The van der Waals surface area contributed by atoms with Crippen molar-refractivity contribution in [3.8, 4) is 0 Å². The summed E-state index contributed by atoms with van der Waals surface area (Å²) in [4.78, 5) is 8.15. The van der Waals surface area contributed by atoms with E-state index in [-0.39, 0.29) is 11.8 Å². The molecule has 0 aliphatic carbocycles. The molecule has 1 N–H and O–H groups in total. The molecule has 0 amide bonds. The molecule has 1 aromatic rings. The zero-order chi connectivity index (χ0) is 11.4. The maximum atomic E-state index is 11.4. The van der Waals surface area contributed by atoms with Crippen LogP contribution >= 0.6 is 0 Å². The van der Waals surface area contributed by atoms with E-state index in [0.717, 1.165) is 12.8 Å². The molecule has 0 radical (unpaired) electrons. The first-order valence-corrected chi connectivity index (χ1v) is 7.17. The predicted octanol–water partition coefficient (Wildman–Crippen LogP) is 0.143. The molecule has 1 aliphatic heterocycles. The molecule has 16 heavy (non-hydrogen) atoms. The first-order chi connectivity index (χ1) is 7.66. The van der Waals surface area contributed by atoms with Crippen LogP contribution < -0.4 is 5.32 Å². The Morgan fingerprint density at radius 2 is 2.12 bits per heavy atom. The number of hydrogen-bond acceptors (Lipinski definition) is 5. The van der Waals surface area contributed by atoms with Crippen molar-refractivity contribution in [1.82, 2.24) is 15.3 Å². The van der Waals surface area contributed by atoms with Crippen LogP contribution in [-0.2, 0) is 16.4 Å². The lowest BCUT2D eigenvalue weighted by Crippen LogP contribution is -2.40. The molecule has 1 unspecified atom stereocenters. The Balaban J connectivity index is 1.87. The summed E-state index contributed by atoms with van der Waals surface area (Å²) in [6.45, 7) is 0.529. The van der Waals surface area contributed by atoms with Gasteiger partial charge in [0.25, 0.3) is 0 Å². The van der Waals surface area contributed by atoms with Gasteiger partial charge < -0.3 is 5.32 Å². The maximum absolute atomic E-state index is 11.4. The number of nitrogens with one attached hydrogen (secondary N) is 1. The first kappa shape index (κ1) is 11.5. The average molecular weight is 241 g/mol. The molecule has 2 heterocycles. The summed E-state index contributed by atoms with van der Waals surface area (Å²) in [5.41, 5.74) is 0. The second-order valence-corrected chi connectivity index (χ2v) is 6.23. The van der Waals surface area contributed by atoms with Gasteiger partial charge in [-0.1, -0.05) is 0 Å². The van der Waals surface area contributed by atoms with Gasteiger partial charge in [0.15, 0.2) is 9.84 Å². The Kier molecular flexibility index (Phi) is 3.50. The highest BCUT2D eigenvalue weighted by atomic mass is 32.2. The highest BCUT2D eigenvalue weighted by Crippen LogP contribution is 2.12. The van der Waals surface area contributed by atoms with Crippen molar-refractivity contribution in [2.75, 3.05) is 11.5 Å². The molecule has 6 heteroatoms. The van der Waals surface area contributed by atoms with Crippen molar-refractivity contribution in [2.24, 2.45) is 0 Å². The molecule has 88 valence electrons. The van der Waals surface area contributed by atoms with E-state index >= 15 is 0 Å². The van der Waals surface area contributed by atoms with E-state index in [1.54, 1.807) is 18.5 Å². The van der Waals surface area contributed by atoms with Crippen LogP contribution in [0.15, 0.2) is 18.5 Å². The maximum Gasteiger partial charge on any atom is 0.151 e. The van der Waals surface area contributed by atoms with Gasteiger partial charge in [-0.25, -0.2) is 18.4 Å². The third-order valence-electron chi connectivity index (χ3n) is 2.63. The highest BCUT2D eigenvalue weighted by Gasteiger charge is 2.24. The molecule has 0 spiro atoms. The summed E-state index contributed by atoms with van der Waals surface area (Å²) in [6.07, 6.45) is 5.02. The Hall–Kier alpha value is -1.01. The van der Waals surface area contributed by atoms with Gasteiger partial charge in [-0.05, 0) is 18.9 Å². The van der Waals surface area contributed by atoms with Crippen molar-refractivity contribution in [3.63, 3.8) is 0 Å². The number of rotatable bonds is 3. The van der Waals surface area contributed by atoms with Gasteiger partial charge in [0.2, 0.25) is 0 Å². The van der Waals surface area contributed by atoms with E-state index in [9.17, 15) is 8.42 Å². The summed E-state index contributed by atoms with van der Waals surface area (Å²) in [6, 6.07) is 1.80. The summed E-state index contributed by atoms with van der Waals surface area (Å²) >= 11 is 0. The third kappa shape index (κ3) is 3.24. The first-order valence-electron chi connectivity index (χ1n) is 5.35. The second-order valence-electron chi connectivity index (χ2n) is 4.00. The number of nitrogens with zero attached hydrogens (tertiary/aromatic N) is 2. The molecule has 2 rings (SSSR count). The van der Waals surface area contributed by atoms with Gasteiger partial charge in [0, 0.05) is 18.4 Å². The molecule has 0 saturated carbocycles. The third-order valence-corrected chi connectivity index (χ3v) is 4.45. The van der Waals surface area contributed by atoms with E-state index in [1.165, 1.54) is 0 Å². The minimum atomic E-state index is -2.84. The van der Waals surface area contributed by atoms with Crippen LogP contribution in [0, 0.1) is 0 Å². The minimum absolute atomic E-state index is 0.0440. The van der Waals surface area contributed by atoms with E-state index in [1.807, 2.05) is 0 Å². The topological polar surface area (TPSA) is 72.0 Å². The Labute approximate surface area is 95.2 Å². The lowest BCUT2D eigenvalue weighted by molar-refractivity contribution is 0.474. The molecule has 1 aromatic heterocycles. The Morgan fingerprint density at radius 1 is 1.38 bits per heavy atom. The van der Waals surface area contributed by atoms with E-state index in [0.29, 0.717) is 18.1 Å². The van der Waals surface area contributed by atoms with Crippen LogP contribution in [-0.4, -0.2) is 35.9 Å². The predicted molar refractivity (Wildman–Crippen MR) is 60.5 cm³/mol. The van der Waals surface area contributed by atoms with Crippen LogP contribution in [0.25, 0.3) is 0 Å². The molecule has 1 atom stereocenters. The van der Waals surface area contributed by atoms with Gasteiger partial charge in [0.1, 0.15) is 5.82 Å². The largest absolute Gasteiger partial charge is 0.306 e. The van der Waals surface area contributed by atoms with Crippen LogP contribution in [0.2, 0.25) is 0 Å². The molecule has 5 nitrogen and oxygen atoms in total. The van der Waals surface area contributed by atoms with Crippen LogP contribution in [0.1, 0.15) is 18.7 Å². The fourth-order valence-electron chi connectivity index (χ4n) is 1.84. The van der Waals surface area contributed by atoms with Crippen LogP contribution in [0.5, 0.6) is 0 Å². The molecule has 1 saturated heterocycles. The summed E-state index contributed by atoms with van der Waals surface area (Å²) in [5, 5.41) is 3.19. The number of sulfone groups is 1. The van der Waals surface area contributed by atoms with Crippen molar-refractivity contribution in [1.29, 1.82) is 0 Å². The van der Waals surface area contributed by atoms with Crippen LogP contribution in [0.4, 0.5) is 0 Å². The van der Waals surface area contributed by atoms with Crippen molar-refractivity contribution < 1.29 is 8.42 Å². The van der Waals surface area contributed by atoms with Crippen molar-refractivity contribution in [2.45, 2.75) is 25.4 Å². The Bertz CT molecular complexity index is 433. The monoisotopic (exact) mass is 241 g/mol. The minimum Gasteiger partial charge on any atom is -0.306 e. The fourth-order valence-corrected chi connectivity index (χ4v) is 3.51. The van der Waals surface area contributed by atoms with Gasteiger partial charge >= 0.3 is 0 Å². The SMILES string of the molecule is O=S1(=O)CCCC(NCc2ncccn2)C1. The lowest BCUT2D eigenvalue weighted by Gasteiger charge is -2.22. The summed E-state index contributed by atoms with van der Waals surface area (Å²) in [5.74, 6) is 1.26. The smallest absolute Gasteiger partial charge is 0.151 e. The molecule has 0 aromatic carbocycles. The van der Waals surface area contributed by atoms with Gasteiger partial charge in [-0.15, -0.1) is 0 Å². The number of hydrogen-bond donors (Lipinski definition) is 1. The highest BCUT2D eigenvalue weighted by molar-refractivity contribution is 7.91. The zero-order valence-corrected chi connectivity index (χ0v) is 9.78. The second kappa shape index (κ2) is 4.88. The van der Waals surface area contributed by atoms with Crippen molar-refractivity contribution in [3.05, 3.63) is 24.3 Å². The van der Waals surface area contributed by atoms with E-state index < -0.39 is 9.84 Å². The fraction of sp³-hybridized carbons (Fsp3) is 0.600. The molecule has 1 aliphatic rings. The summed E-state index contributed by atoms with van der Waals surface area (Å²) < 4.78 is 22.8. The standard InChI is InChI=1S/C10H15N3O2S/c14-16(15)6-1-3-9(8-16)13-7-10-11-4-2-5-12-10/h2,4-5,9,13H,1,3,6-8H2. The van der Waals surface area contributed by atoms with E-state index in [2.05, 4.69) is 15.3 Å². The van der Waals surface area contributed by atoms with E-state index in [4.69, 9.17) is 0 Å². The quantitative estimate of drug-likeness (QED) is 0.815. The van der Waals surface area contributed by atoms with Crippen molar-refractivity contribution >= 4 is 9.84 Å². The van der Waals surface area contributed by atoms with Crippen LogP contribution in [0.3, 0.4) is 0 Å². The van der Waals surface area contributed by atoms with Gasteiger partial charge in [-0.2, -0.15) is 0 Å². The Morgan fingerprint density at radius 3 is 2.81 bits per heavy atom. The van der Waals surface area contributed by atoms with Gasteiger partial charge in [0.05, 0.1) is 18.1 Å². The lowest BCUT2D eigenvalue weighted by atomic mass is 10.2. The molecule has 0 bridgehead atoms. The molecule has 1 fully saturated rings. The van der Waals surface area contributed by atoms with Gasteiger partial charge in [-0.3, -0.25) is 0 Å². The molecular weight excluding hydrogens is 226 g/mol. The number of aromatic nitrogens is 2.